The fourth-order valence-electron chi connectivity index (χ4n) is 3.02. The van der Waals surface area contributed by atoms with E-state index in [2.05, 4.69) is 20.2 Å². The topological polar surface area (TPSA) is 70.5 Å². The quantitative estimate of drug-likeness (QED) is 0.814. The Kier molecular flexibility index (Phi) is 5.98. The average molecular weight is 328 g/mol. The summed E-state index contributed by atoms with van der Waals surface area (Å²) in [6.07, 6.45) is 5.26. The predicted molar refractivity (Wildman–Crippen MR) is 93.3 cm³/mol. The summed E-state index contributed by atoms with van der Waals surface area (Å²) in [5.74, 6) is 1.84. The van der Waals surface area contributed by atoms with Crippen molar-refractivity contribution in [3.8, 4) is 11.6 Å². The monoisotopic (exact) mass is 328 g/mol. The van der Waals surface area contributed by atoms with Gasteiger partial charge in [-0.1, -0.05) is 24.6 Å². The Morgan fingerprint density at radius 1 is 1.21 bits per heavy atom. The molecule has 0 aliphatic carbocycles. The second kappa shape index (κ2) is 8.61. The standard InChI is InChI=1S/C18H24N4O2/c23-13-12-22-11-5-4-6-15(22)14-20-18-19-10-9-17(21-18)24-16-7-2-1-3-8-16/h1-3,7-10,15,23H,4-6,11-14H2,(H,19,20,21). The third-order valence-electron chi connectivity index (χ3n) is 4.23. The predicted octanol–water partition coefficient (Wildman–Crippen LogP) is 2.53. The summed E-state index contributed by atoms with van der Waals surface area (Å²) < 4.78 is 5.74. The SMILES string of the molecule is OCCN1CCCCC1CNc1nccc(Oc2ccccc2)n1. The molecule has 1 unspecified atom stereocenters. The van der Waals surface area contributed by atoms with E-state index in [0.717, 1.165) is 31.8 Å². The van der Waals surface area contributed by atoms with Gasteiger partial charge in [0.25, 0.3) is 0 Å². The lowest BCUT2D eigenvalue weighted by Crippen LogP contribution is -2.45. The van der Waals surface area contributed by atoms with Gasteiger partial charge in [-0.15, -0.1) is 0 Å². The number of hydrogen-bond acceptors (Lipinski definition) is 6. The molecule has 1 saturated heterocycles. The summed E-state index contributed by atoms with van der Waals surface area (Å²) in [5, 5.41) is 12.5. The zero-order valence-electron chi connectivity index (χ0n) is 13.8. The molecule has 128 valence electrons. The van der Waals surface area contributed by atoms with E-state index >= 15 is 0 Å². The van der Waals surface area contributed by atoms with Crippen LogP contribution in [0.15, 0.2) is 42.6 Å². The van der Waals surface area contributed by atoms with Gasteiger partial charge in [0, 0.05) is 31.4 Å². The highest BCUT2D eigenvalue weighted by Crippen LogP contribution is 2.20. The van der Waals surface area contributed by atoms with E-state index in [-0.39, 0.29) is 6.61 Å². The maximum atomic E-state index is 9.19. The van der Waals surface area contributed by atoms with E-state index in [4.69, 9.17) is 4.74 Å². The van der Waals surface area contributed by atoms with Crippen LogP contribution in [-0.4, -0.2) is 52.3 Å². The maximum Gasteiger partial charge on any atom is 0.226 e. The number of aliphatic hydroxyl groups is 1. The number of hydrogen-bond donors (Lipinski definition) is 2. The van der Waals surface area contributed by atoms with E-state index in [0.29, 0.717) is 17.9 Å². The molecule has 6 nitrogen and oxygen atoms in total. The molecule has 2 N–H and O–H groups in total. The molecule has 0 amide bonds. The molecule has 0 bridgehead atoms. The molecule has 0 radical (unpaired) electrons. The second-order valence-electron chi connectivity index (χ2n) is 5.92. The van der Waals surface area contributed by atoms with E-state index < -0.39 is 0 Å². The fourth-order valence-corrected chi connectivity index (χ4v) is 3.02. The Balaban J connectivity index is 1.58. The van der Waals surface area contributed by atoms with E-state index in [1.54, 1.807) is 12.3 Å². The summed E-state index contributed by atoms with van der Waals surface area (Å²) in [6, 6.07) is 11.7. The number of benzene rings is 1. The molecule has 1 aliphatic heterocycles. The van der Waals surface area contributed by atoms with Gasteiger partial charge in [-0.05, 0) is 31.5 Å². The number of nitrogens with one attached hydrogen (secondary N) is 1. The van der Waals surface area contributed by atoms with E-state index in [1.807, 2.05) is 30.3 Å². The van der Waals surface area contributed by atoms with Crippen LogP contribution in [0, 0.1) is 0 Å². The van der Waals surface area contributed by atoms with Crippen LogP contribution in [0.2, 0.25) is 0 Å². The molecule has 2 heterocycles. The lowest BCUT2D eigenvalue weighted by atomic mass is 10.0. The van der Waals surface area contributed by atoms with Crippen molar-refractivity contribution in [1.82, 2.24) is 14.9 Å². The van der Waals surface area contributed by atoms with Crippen molar-refractivity contribution in [2.75, 3.05) is 31.6 Å². The minimum atomic E-state index is 0.202. The molecule has 0 spiro atoms. The zero-order valence-corrected chi connectivity index (χ0v) is 13.8. The highest BCUT2D eigenvalue weighted by atomic mass is 16.5. The number of aliphatic hydroxyl groups excluding tert-OH is 1. The molecule has 2 aromatic rings. The highest BCUT2D eigenvalue weighted by Gasteiger charge is 2.21. The van der Waals surface area contributed by atoms with Crippen LogP contribution in [0.25, 0.3) is 0 Å². The molecule has 0 saturated carbocycles. The van der Waals surface area contributed by atoms with Crippen LogP contribution in [0.3, 0.4) is 0 Å². The van der Waals surface area contributed by atoms with Crippen molar-refractivity contribution in [1.29, 1.82) is 0 Å². The molecule has 1 fully saturated rings. The van der Waals surface area contributed by atoms with Crippen molar-refractivity contribution in [3.63, 3.8) is 0 Å². The van der Waals surface area contributed by atoms with E-state index in [1.165, 1.54) is 12.8 Å². The van der Waals surface area contributed by atoms with Crippen LogP contribution in [-0.2, 0) is 0 Å². The van der Waals surface area contributed by atoms with Crippen LogP contribution < -0.4 is 10.1 Å². The van der Waals surface area contributed by atoms with Crippen LogP contribution in [0.1, 0.15) is 19.3 Å². The number of para-hydroxylation sites is 1. The van der Waals surface area contributed by atoms with Gasteiger partial charge in [0.15, 0.2) is 0 Å². The Morgan fingerprint density at radius 2 is 2.08 bits per heavy atom. The van der Waals surface area contributed by atoms with E-state index in [9.17, 15) is 5.11 Å². The largest absolute Gasteiger partial charge is 0.439 e. The smallest absolute Gasteiger partial charge is 0.226 e. The first-order valence-electron chi connectivity index (χ1n) is 8.50. The number of rotatable bonds is 7. The summed E-state index contributed by atoms with van der Waals surface area (Å²) in [7, 11) is 0. The Labute approximate surface area is 142 Å². The second-order valence-corrected chi connectivity index (χ2v) is 5.92. The Hall–Kier alpha value is -2.18. The zero-order chi connectivity index (χ0) is 16.6. The summed E-state index contributed by atoms with van der Waals surface area (Å²) in [5.41, 5.74) is 0. The molecule has 24 heavy (non-hydrogen) atoms. The van der Waals surface area contributed by atoms with Crippen molar-refractivity contribution < 1.29 is 9.84 Å². The molecule has 6 heteroatoms. The first-order valence-corrected chi connectivity index (χ1v) is 8.50. The van der Waals surface area contributed by atoms with Crippen molar-refractivity contribution in [2.24, 2.45) is 0 Å². The summed E-state index contributed by atoms with van der Waals surface area (Å²) in [4.78, 5) is 11.0. The molecule has 1 aliphatic rings. The van der Waals surface area contributed by atoms with Crippen LogP contribution in [0.4, 0.5) is 5.95 Å². The van der Waals surface area contributed by atoms with Gasteiger partial charge < -0.3 is 15.2 Å². The number of piperidine rings is 1. The van der Waals surface area contributed by atoms with Crippen molar-refractivity contribution in [3.05, 3.63) is 42.6 Å². The van der Waals surface area contributed by atoms with Crippen molar-refractivity contribution in [2.45, 2.75) is 25.3 Å². The normalized spacial score (nSPS) is 18.3. The first-order chi connectivity index (χ1) is 11.8. The minimum Gasteiger partial charge on any atom is -0.439 e. The highest BCUT2D eigenvalue weighted by molar-refractivity contribution is 5.31. The number of anilines is 1. The molecule has 3 rings (SSSR count). The molecular weight excluding hydrogens is 304 g/mol. The van der Waals surface area contributed by atoms with Gasteiger partial charge in [-0.25, -0.2) is 4.98 Å². The van der Waals surface area contributed by atoms with Crippen LogP contribution >= 0.6 is 0 Å². The van der Waals surface area contributed by atoms with Gasteiger partial charge in [0.05, 0.1) is 6.61 Å². The molecule has 1 aromatic heterocycles. The lowest BCUT2D eigenvalue weighted by molar-refractivity contribution is 0.123. The third kappa shape index (κ3) is 4.66. The number of ether oxygens (including phenoxy) is 1. The number of nitrogens with zero attached hydrogens (tertiary/aromatic N) is 3. The summed E-state index contributed by atoms with van der Waals surface area (Å²) in [6.45, 7) is 2.75. The third-order valence-corrected chi connectivity index (χ3v) is 4.23. The lowest BCUT2D eigenvalue weighted by Gasteiger charge is -2.35. The number of β-amino-alcohol motifs (C(OH)–C–C–N with tert-alkyl or cyclic N) is 1. The molecular formula is C18H24N4O2. The summed E-state index contributed by atoms with van der Waals surface area (Å²) >= 11 is 0. The fraction of sp³-hybridized carbons (Fsp3) is 0.444. The maximum absolute atomic E-state index is 9.19. The minimum absolute atomic E-state index is 0.202. The van der Waals surface area contributed by atoms with Gasteiger partial charge in [-0.3, -0.25) is 4.90 Å². The molecule has 1 atom stereocenters. The van der Waals surface area contributed by atoms with Crippen molar-refractivity contribution >= 4 is 5.95 Å². The Morgan fingerprint density at radius 3 is 2.92 bits per heavy atom. The van der Waals surface area contributed by atoms with Gasteiger partial charge >= 0.3 is 0 Å². The van der Waals surface area contributed by atoms with Gasteiger partial charge in [-0.2, -0.15) is 4.98 Å². The first kappa shape index (κ1) is 16.7. The Bertz CT molecular complexity index is 621. The average Bonchev–Trinajstić information content (AvgIpc) is 2.62. The molecule has 1 aromatic carbocycles. The van der Waals surface area contributed by atoms with Crippen LogP contribution in [0.5, 0.6) is 11.6 Å². The van der Waals surface area contributed by atoms with Gasteiger partial charge in [0.1, 0.15) is 5.75 Å². The number of aromatic nitrogens is 2. The van der Waals surface area contributed by atoms with Gasteiger partial charge in [0.2, 0.25) is 11.8 Å². The number of likely N-dealkylation sites (tertiary alicyclic amines) is 1.